The lowest BCUT2D eigenvalue weighted by Crippen LogP contribution is -2.55. The highest BCUT2D eigenvalue weighted by Gasteiger charge is 2.43. The van der Waals surface area contributed by atoms with Crippen molar-refractivity contribution in [1.29, 1.82) is 5.26 Å². The first kappa shape index (κ1) is 27.6. The largest absolute Gasteiger partial charge is 0.462 e. The summed E-state index contributed by atoms with van der Waals surface area (Å²) in [4.78, 5) is 27.7. The third kappa shape index (κ3) is 5.16. The Morgan fingerprint density at radius 2 is 2.00 bits per heavy atom. The van der Waals surface area contributed by atoms with Crippen LogP contribution in [-0.4, -0.2) is 83.8 Å². The molecule has 2 aromatic rings. The van der Waals surface area contributed by atoms with Crippen LogP contribution >= 0.6 is 0 Å². The van der Waals surface area contributed by atoms with E-state index < -0.39 is 23.9 Å². The number of piperazine rings is 1. The predicted octanol–water partition coefficient (Wildman–Crippen LogP) is 3.68. The van der Waals surface area contributed by atoms with Crippen LogP contribution in [0.5, 0.6) is 6.01 Å². The van der Waals surface area contributed by atoms with Gasteiger partial charge in [0, 0.05) is 43.2 Å². The van der Waals surface area contributed by atoms with E-state index in [0.717, 1.165) is 49.2 Å². The number of carbonyl (C=O) groups is 1. The number of likely N-dealkylation sites (N-methyl/N-ethyl adjacent to an activating group) is 1. The number of halogens is 2. The van der Waals surface area contributed by atoms with Crippen molar-refractivity contribution in [2.24, 2.45) is 0 Å². The number of fused-ring (bicyclic) bond motifs is 3. The Morgan fingerprint density at radius 1 is 1.20 bits per heavy atom. The number of carbonyl (C=O) groups excluding carboxylic acids is 1. The van der Waals surface area contributed by atoms with Crippen LogP contribution in [0.4, 0.5) is 14.6 Å². The van der Waals surface area contributed by atoms with E-state index in [2.05, 4.69) is 41.8 Å². The molecule has 1 aromatic heterocycles. The van der Waals surface area contributed by atoms with Crippen LogP contribution in [0.25, 0.3) is 0 Å². The van der Waals surface area contributed by atoms with Crippen molar-refractivity contribution in [3.8, 4) is 12.1 Å². The van der Waals surface area contributed by atoms with E-state index in [1.807, 2.05) is 11.9 Å². The Labute approximate surface area is 239 Å². The van der Waals surface area contributed by atoms with Crippen LogP contribution in [0.3, 0.4) is 0 Å². The van der Waals surface area contributed by atoms with Gasteiger partial charge in [-0.2, -0.15) is 15.2 Å². The van der Waals surface area contributed by atoms with Crippen molar-refractivity contribution in [2.75, 3.05) is 44.7 Å². The Morgan fingerprint density at radius 3 is 2.76 bits per heavy atom. The maximum Gasteiger partial charge on any atom is 0.318 e. The summed E-state index contributed by atoms with van der Waals surface area (Å²) in [6.07, 6.45) is 4.32. The number of alkyl halides is 1. The zero-order valence-electron chi connectivity index (χ0n) is 23.5. The molecule has 1 aromatic carbocycles. The highest BCUT2D eigenvalue weighted by Crippen LogP contribution is 2.48. The van der Waals surface area contributed by atoms with Gasteiger partial charge < -0.3 is 14.5 Å². The van der Waals surface area contributed by atoms with E-state index in [1.165, 1.54) is 16.0 Å². The molecule has 1 amide bonds. The van der Waals surface area contributed by atoms with Gasteiger partial charge in [0.2, 0.25) is 0 Å². The third-order valence-electron chi connectivity index (χ3n) is 9.52. The second kappa shape index (κ2) is 11.0. The molecular weight excluding hydrogens is 526 g/mol. The zero-order chi connectivity index (χ0) is 28.7. The molecule has 2 saturated heterocycles. The van der Waals surface area contributed by atoms with Crippen molar-refractivity contribution >= 4 is 11.7 Å². The summed E-state index contributed by atoms with van der Waals surface area (Å²) in [6.45, 7) is 4.89. The molecule has 10 heteroatoms. The number of rotatable bonds is 6. The highest BCUT2D eigenvalue weighted by atomic mass is 19.1. The van der Waals surface area contributed by atoms with E-state index in [0.29, 0.717) is 32.7 Å². The maximum atomic E-state index is 14.0. The fourth-order valence-corrected chi connectivity index (χ4v) is 7.33. The molecule has 8 nitrogen and oxygen atoms in total. The van der Waals surface area contributed by atoms with Crippen LogP contribution in [0.1, 0.15) is 48.1 Å². The van der Waals surface area contributed by atoms with E-state index in [-0.39, 0.29) is 30.4 Å². The average molecular weight is 563 g/mol. The number of ether oxygens (including phenoxy) is 1. The second-order valence-electron chi connectivity index (χ2n) is 12.0. The molecule has 6 rings (SSSR count). The summed E-state index contributed by atoms with van der Waals surface area (Å²) in [7, 11) is 1.90. The van der Waals surface area contributed by atoms with E-state index in [1.54, 1.807) is 0 Å². The molecule has 41 heavy (non-hydrogen) atoms. The van der Waals surface area contributed by atoms with Crippen molar-refractivity contribution in [3.63, 3.8) is 0 Å². The number of aryl methyl sites for hydroxylation is 1. The number of hydrogen-bond donors (Lipinski definition) is 0. The van der Waals surface area contributed by atoms with Crippen LogP contribution < -0.4 is 9.64 Å². The van der Waals surface area contributed by atoms with Crippen molar-refractivity contribution in [1.82, 2.24) is 19.8 Å². The summed E-state index contributed by atoms with van der Waals surface area (Å²) in [5, 5.41) is 9.46. The fourth-order valence-electron chi connectivity index (χ4n) is 7.33. The smallest absolute Gasteiger partial charge is 0.318 e. The number of anilines is 1. The molecule has 4 aliphatic rings. The first-order chi connectivity index (χ1) is 19.8. The van der Waals surface area contributed by atoms with Crippen molar-refractivity contribution < 1.29 is 18.3 Å². The Balaban J connectivity index is 1.32. The van der Waals surface area contributed by atoms with Crippen LogP contribution in [0.2, 0.25) is 0 Å². The number of nitriles is 1. The Hall–Kier alpha value is -3.58. The summed E-state index contributed by atoms with van der Waals surface area (Å²) in [5.41, 5.74) is 4.86. The minimum atomic E-state index is -1.02. The molecule has 2 aliphatic heterocycles. The molecule has 4 unspecified atom stereocenters. The first-order valence-electron chi connectivity index (χ1n) is 14.5. The molecule has 2 fully saturated rings. The first-order valence-corrected chi connectivity index (χ1v) is 14.5. The zero-order valence-corrected chi connectivity index (χ0v) is 23.5. The molecule has 2 aliphatic carbocycles. The Kier molecular flexibility index (Phi) is 7.41. The van der Waals surface area contributed by atoms with Crippen LogP contribution in [0, 0.1) is 11.3 Å². The monoisotopic (exact) mass is 562 g/mol. The number of nitrogens with zero attached hydrogens (tertiary/aromatic N) is 6. The van der Waals surface area contributed by atoms with E-state index in [4.69, 9.17) is 14.7 Å². The third-order valence-corrected chi connectivity index (χ3v) is 9.52. The lowest BCUT2D eigenvalue weighted by molar-refractivity contribution is -0.131. The van der Waals surface area contributed by atoms with Gasteiger partial charge in [-0.05, 0) is 56.7 Å². The molecule has 3 heterocycles. The van der Waals surface area contributed by atoms with Crippen molar-refractivity contribution in [2.45, 2.75) is 68.6 Å². The van der Waals surface area contributed by atoms with Gasteiger partial charge in [0.25, 0.3) is 5.91 Å². The van der Waals surface area contributed by atoms with Gasteiger partial charge in [0.05, 0.1) is 24.2 Å². The number of aromatic nitrogens is 2. The SMILES string of the molecule is C=C(F)C(=O)N1CCN(c2nc(OCC3CC(F)CN3C)nc3c2CCC2(CCc4ccccc42)C3)CC1CC#N. The van der Waals surface area contributed by atoms with Gasteiger partial charge in [-0.1, -0.05) is 30.8 Å². The van der Waals surface area contributed by atoms with Gasteiger partial charge in [0.1, 0.15) is 18.6 Å². The minimum Gasteiger partial charge on any atom is -0.462 e. The molecule has 0 radical (unpaired) electrons. The maximum absolute atomic E-state index is 14.0. The number of likely N-dealkylation sites (tertiary alicyclic amines) is 1. The summed E-state index contributed by atoms with van der Waals surface area (Å²) < 4.78 is 33.9. The van der Waals surface area contributed by atoms with E-state index >= 15 is 0 Å². The number of hydrogen-bond acceptors (Lipinski definition) is 7. The summed E-state index contributed by atoms with van der Waals surface area (Å²) in [5.74, 6) is -1.04. The molecule has 4 atom stereocenters. The lowest BCUT2D eigenvalue weighted by Gasteiger charge is -2.42. The molecule has 0 N–H and O–H groups in total. The highest BCUT2D eigenvalue weighted by molar-refractivity contribution is 5.91. The van der Waals surface area contributed by atoms with Gasteiger partial charge in [0.15, 0.2) is 5.83 Å². The normalized spacial score (nSPS) is 27.4. The fraction of sp³-hybridized carbons (Fsp3) is 0.548. The average Bonchev–Trinajstić information content (AvgIpc) is 3.49. The number of amides is 1. The number of benzene rings is 1. The standard InChI is InChI=1S/C31H36F2N6O2/c1-20(32)29(40)39-14-13-38(18-23(39)9-12-34)28-25-8-11-31(10-7-21-5-3-4-6-26(21)31)16-27(25)35-30(36-28)41-19-24-15-22(33)17-37(24)2/h3-6,22-24H,1,7-11,13-19H2,2H3. The topological polar surface area (TPSA) is 85.6 Å². The molecule has 0 bridgehead atoms. The van der Waals surface area contributed by atoms with Gasteiger partial charge >= 0.3 is 6.01 Å². The molecule has 1 spiro atoms. The molecule has 0 saturated carbocycles. The lowest BCUT2D eigenvalue weighted by atomic mass is 9.69. The summed E-state index contributed by atoms with van der Waals surface area (Å²) in [6, 6.07) is 10.5. The quantitative estimate of drug-likeness (QED) is 0.497. The van der Waals surface area contributed by atoms with Crippen LogP contribution in [0.15, 0.2) is 36.7 Å². The van der Waals surface area contributed by atoms with Gasteiger partial charge in [-0.15, -0.1) is 0 Å². The van der Waals surface area contributed by atoms with Crippen molar-refractivity contribution in [3.05, 3.63) is 59.1 Å². The molecular formula is C31H36F2N6O2. The Bertz CT molecular complexity index is 1400. The summed E-state index contributed by atoms with van der Waals surface area (Å²) >= 11 is 0. The van der Waals surface area contributed by atoms with Crippen LogP contribution in [-0.2, 0) is 29.5 Å². The van der Waals surface area contributed by atoms with Gasteiger partial charge in [-0.3, -0.25) is 9.69 Å². The van der Waals surface area contributed by atoms with E-state index in [9.17, 15) is 18.8 Å². The second-order valence-corrected chi connectivity index (χ2v) is 12.0. The minimum absolute atomic E-state index is 0.0234. The predicted molar refractivity (Wildman–Crippen MR) is 150 cm³/mol. The van der Waals surface area contributed by atoms with Gasteiger partial charge in [-0.25, -0.2) is 8.78 Å². The molecule has 216 valence electrons.